The molecule has 0 bridgehead atoms. The van der Waals surface area contributed by atoms with E-state index >= 15 is 0 Å². The Morgan fingerprint density at radius 2 is 2.27 bits per heavy atom. The lowest BCUT2D eigenvalue weighted by atomic mass is 10.2. The lowest BCUT2D eigenvalue weighted by Crippen LogP contribution is -2.49. The molecular weight excluding hydrogens is 280 g/mol. The molecule has 6 heteroatoms. The molecule has 0 N–H and O–H groups in total. The van der Waals surface area contributed by atoms with Crippen molar-refractivity contribution in [3.8, 4) is 0 Å². The van der Waals surface area contributed by atoms with Gasteiger partial charge in [0.2, 0.25) is 5.91 Å². The molecular formula is C16H26N4O2. The first kappa shape index (κ1) is 15.5. The van der Waals surface area contributed by atoms with Crippen molar-refractivity contribution in [2.24, 2.45) is 13.0 Å². The van der Waals surface area contributed by atoms with E-state index in [-0.39, 0.29) is 12.0 Å². The Bertz CT molecular complexity index is 512. The lowest BCUT2D eigenvalue weighted by Gasteiger charge is -2.35. The highest BCUT2D eigenvalue weighted by Gasteiger charge is 2.27. The van der Waals surface area contributed by atoms with Crippen LogP contribution in [0, 0.1) is 5.92 Å². The predicted molar refractivity (Wildman–Crippen MR) is 83.5 cm³/mol. The molecule has 1 atom stereocenters. The van der Waals surface area contributed by atoms with Crippen LogP contribution in [-0.2, 0) is 23.0 Å². The molecule has 1 aliphatic heterocycles. The Kier molecular flexibility index (Phi) is 4.78. The number of ether oxygens (including phenoxy) is 1. The molecule has 0 radical (unpaired) electrons. The van der Waals surface area contributed by atoms with Crippen molar-refractivity contribution >= 4 is 5.91 Å². The van der Waals surface area contributed by atoms with Gasteiger partial charge in [-0.25, -0.2) is 0 Å². The lowest BCUT2D eigenvalue weighted by molar-refractivity contribution is -0.138. The highest BCUT2D eigenvalue weighted by atomic mass is 16.5. The Hall–Kier alpha value is -1.40. The Morgan fingerprint density at radius 3 is 2.95 bits per heavy atom. The normalized spacial score (nSPS) is 22.3. The molecule has 1 aromatic heterocycles. The van der Waals surface area contributed by atoms with Crippen LogP contribution in [0.3, 0.4) is 0 Å². The largest absolute Gasteiger partial charge is 0.373 e. The minimum absolute atomic E-state index is 0.135. The van der Waals surface area contributed by atoms with Crippen molar-refractivity contribution in [1.29, 1.82) is 0 Å². The van der Waals surface area contributed by atoms with Crippen LogP contribution in [0.4, 0.5) is 0 Å². The Labute approximate surface area is 132 Å². The number of hydrogen-bond acceptors (Lipinski definition) is 4. The number of carbonyl (C=O) groups is 1. The van der Waals surface area contributed by atoms with Gasteiger partial charge in [-0.05, 0) is 31.4 Å². The van der Waals surface area contributed by atoms with Gasteiger partial charge in [-0.15, -0.1) is 0 Å². The summed E-state index contributed by atoms with van der Waals surface area (Å²) in [6.07, 6.45) is 6.96. The zero-order valence-corrected chi connectivity index (χ0v) is 13.6. The van der Waals surface area contributed by atoms with Gasteiger partial charge in [0.05, 0.1) is 25.3 Å². The van der Waals surface area contributed by atoms with Crippen molar-refractivity contribution in [3.05, 3.63) is 18.0 Å². The number of hydrogen-bond donors (Lipinski definition) is 0. The summed E-state index contributed by atoms with van der Waals surface area (Å²) < 4.78 is 7.57. The number of rotatable bonds is 6. The third kappa shape index (κ3) is 4.30. The number of morpholine rings is 1. The van der Waals surface area contributed by atoms with E-state index in [1.54, 1.807) is 10.9 Å². The standard InChI is InChI=1S/C16H26N4O2/c1-18(9-13-3-4-13)11-15-12-20(5-6-22-15)16(21)7-14-8-17-19(2)10-14/h8,10,13,15H,3-7,9,11-12H2,1-2H3. The van der Waals surface area contributed by atoms with Crippen LogP contribution in [-0.4, -0.2) is 71.4 Å². The first-order chi connectivity index (χ1) is 10.6. The SMILES string of the molecule is CN(CC1CC1)CC1CN(C(=O)Cc2cnn(C)c2)CCO1. The van der Waals surface area contributed by atoms with Crippen LogP contribution in [0.2, 0.25) is 0 Å². The average Bonchev–Trinajstić information content (AvgIpc) is 3.20. The number of aryl methyl sites for hydroxylation is 1. The molecule has 122 valence electrons. The summed E-state index contributed by atoms with van der Waals surface area (Å²) in [7, 11) is 4.02. The quantitative estimate of drug-likeness (QED) is 0.769. The minimum atomic E-state index is 0.135. The highest BCUT2D eigenvalue weighted by Crippen LogP contribution is 2.29. The Balaban J connectivity index is 1.47. The van der Waals surface area contributed by atoms with Crippen molar-refractivity contribution in [1.82, 2.24) is 19.6 Å². The average molecular weight is 306 g/mol. The molecule has 2 heterocycles. The van der Waals surface area contributed by atoms with Crippen molar-refractivity contribution in [2.75, 3.05) is 39.8 Å². The third-order valence-electron chi connectivity index (χ3n) is 4.39. The van der Waals surface area contributed by atoms with E-state index in [2.05, 4.69) is 17.0 Å². The van der Waals surface area contributed by atoms with E-state index in [0.717, 1.165) is 24.6 Å². The number of nitrogens with zero attached hydrogens (tertiary/aromatic N) is 4. The summed E-state index contributed by atoms with van der Waals surface area (Å²) in [5.41, 5.74) is 0.974. The van der Waals surface area contributed by atoms with E-state index in [1.807, 2.05) is 18.1 Å². The van der Waals surface area contributed by atoms with Gasteiger partial charge in [-0.3, -0.25) is 9.48 Å². The van der Waals surface area contributed by atoms with E-state index < -0.39 is 0 Å². The molecule has 1 saturated heterocycles. The summed E-state index contributed by atoms with van der Waals surface area (Å²) in [4.78, 5) is 16.7. The first-order valence-corrected chi connectivity index (χ1v) is 8.15. The second kappa shape index (κ2) is 6.79. The van der Waals surface area contributed by atoms with Crippen LogP contribution >= 0.6 is 0 Å². The number of carbonyl (C=O) groups excluding carboxylic acids is 1. The summed E-state index contributed by atoms with van der Waals surface area (Å²) in [5, 5.41) is 4.12. The molecule has 1 amide bonds. The smallest absolute Gasteiger partial charge is 0.227 e. The highest BCUT2D eigenvalue weighted by molar-refractivity contribution is 5.78. The maximum absolute atomic E-state index is 12.4. The van der Waals surface area contributed by atoms with Crippen LogP contribution in [0.5, 0.6) is 0 Å². The third-order valence-corrected chi connectivity index (χ3v) is 4.39. The molecule has 0 spiro atoms. The minimum Gasteiger partial charge on any atom is -0.373 e. The molecule has 3 rings (SSSR count). The maximum Gasteiger partial charge on any atom is 0.227 e. The summed E-state index contributed by atoms with van der Waals surface area (Å²) in [5.74, 6) is 1.06. The van der Waals surface area contributed by atoms with Crippen molar-refractivity contribution in [2.45, 2.75) is 25.4 Å². The van der Waals surface area contributed by atoms with Gasteiger partial charge in [-0.1, -0.05) is 0 Å². The molecule has 6 nitrogen and oxygen atoms in total. The van der Waals surface area contributed by atoms with Crippen molar-refractivity contribution in [3.63, 3.8) is 0 Å². The molecule has 1 aliphatic carbocycles. The van der Waals surface area contributed by atoms with Crippen LogP contribution < -0.4 is 0 Å². The van der Waals surface area contributed by atoms with Gasteiger partial charge in [0.25, 0.3) is 0 Å². The van der Waals surface area contributed by atoms with Crippen LogP contribution in [0.1, 0.15) is 18.4 Å². The molecule has 0 aromatic carbocycles. The maximum atomic E-state index is 12.4. The molecule has 22 heavy (non-hydrogen) atoms. The second-order valence-electron chi connectivity index (χ2n) is 6.70. The second-order valence-corrected chi connectivity index (χ2v) is 6.70. The zero-order valence-electron chi connectivity index (χ0n) is 13.6. The summed E-state index contributed by atoms with van der Waals surface area (Å²) in [6.45, 7) is 4.10. The topological polar surface area (TPSA) is 50.6 Å². The van der Waals surface area contributed by atoms with Gasteiger partial charge >= 0.3 is 0 Å². The fourth-order valence-corrected chi connectivity index (χ4v) is 3.07. The molecule has 1 saturated carbocycles. The molecule has 1 unspecified atom stereocenters. The monoisotopic (exact) mass is 306 g/mol. The Morgan fingerprint density at radius 1 is 1.45 bits per heavy atom. The van der Waals surface area contributed by atoms with Gasteiger partial charge in [0, 0.05) is 39.4 Å². The summed E-state index contributed by atoms with van der Waals surface area (Å²) in [6, 6.07) is 0. The first-order valence-electron chi connectivity index (χ1n) is 8.15. The van der Waals surface area contributed by atoms with E-state index in [0.29, 0.717) is 26.1 Å². The molecule has 2 aliphatic rings. The van der Waals surface area contributed by atoms with Gasteiger partial charge in [0.15, 0.2) is 0 Å². The van der Waals surface area contributed by atoms with Crippen LogP contribution in [0.25, 0.3) is 0 Å². The van der Waals surface area contributed by atoms with Crippen LogP contribution in [0.15, 0.2) is 12.4 Å². The molecule has 1 aromatic rings. The van der Waals surface area contributed by atoms with E-state index in [4.69, 9.17) is 4.74 Å². The van der Waals surface area contributed by atoms with Gasteiger partial charge in [-0.2, -0.15) is 5.10 Å². The summed E-state index contributed by atoms with van der Waals surface area (Å²) >= 11 is 0. The van der Waals surface area contributed by atoms with E-state index in [9.17, 15) is 4.79 Å². The fraction of sp³-hybridized carbons (Fsp3) is 0.750. The number of amides is 1. The fourth-order valence-electron chi connectivity index (χ4n) is 3.07. The number of likely N-dealkylation sites (N-methyl/N-ethyl adjacent to an activating group) is 1. The predicted octanol–water partition coefficient (Wildman–Crippen LogP) is 0.532. The van der Waals surface area contributed by atoms with Gasteiger partial charge < -0.3 is 14.5 Å². The molecule has 2 fully saturated rings. The number of aromatic nitrogens is 2. The van der Waals surface area contributed by atoms with E-state index in [1.165, 1.54) is 12.8 Å². The van der Waals surface area contributed by atoms with Gasteiger partial charge in [0.1, 0.15) is 0 Å². The van der Waals surface area contributed by atoms with Crippen molar-refractivity contribution < 1.29 is 9.53 Å². The zero-order chi connectivity index (χ0) is 15.5.